The second kappa shape index (κ2) is 5.82. The van der Waals surface area contributed by atoms with E-state index in [2.05, 4.69) is 0 Å². The van der Waals surface area contributed by atoms with Crippen molar-refractivity contribution >= 4 is 29.6 Å². The Morgan fingerprint density at radius 3 is 1.21 bits per heavy atom. The molecule has 0 saturated carbocycles. The zero-order valence-corrected chi connectivity index (χ0v) is 12.2. The monoisotopic (exact) mass is 376 g/mol. The van der Waals surface area contributed by atoms with Crippen molar-refractivity contribution in [1.82, 2.24) is 0 Å². The van der Waals surface area contributed by atoms with Crippen molar-refractivity contribution in [3.63, 3.8) is 0 Å². The summed E-state index contributed by atoms with van der Waals surface area (Å²) in [6.45, 7) is 0. The third kappa shape index (κ3) is 2.16. The van der Waals surface area contributed by atoms with Crippen molar-refractivity contribution in [1.29, 1.82) is 31.6 Å². The minimum absolute atomic E-state index is 0. The van der Waals surface area contributed by atoms with Gasteiger partial charge in [0.1, 0.15) is 5.75 Å². The molecule has 117 valence electrons. The van der Waals surface area contributed by atoms with E-state index in [-0.39, 0.29) is 29.6 Å². The van der Waals surface area contributed by atoms with E-state index in [0.29, 0.717) is 35.6 Å². The van der Waals surface area contributed by atoms with Gasteiger partial charge in [-0.2, -0.15) is 0 Å². The van der Waals surface area contributed by atoms with Gasteiger partial charge in [0.15, 0.2) is 0 Å². The number of hydrogen-bond acceptors (Lipinski definition) is 9. The van der Waals surface area contributed by atoms with Crippen molar-refractivity contribution in [3.05, 3.63) is 40.4 Å². The van der Waals surface area contributed by atoms with Crippen LogP contribution in [-0.2, 0) is 9.90 Å². The van der Waals surface area contributed by atoms with Gasteiger partial charge in [0.05, 0.1) is 0 Å². The van der Waals surface area contributed by atoms with Gasteiger partial charge in [-0.25, -0.2) is 0 Å². The fraction of sp³-hybridized carbons (Fsp3) is 0. The molecular formula is C12H7FeN7NaO3. The molecule has 0 aliphatic heterocycles. The van der Waals surface area contributed by atoms with Crippen LogP contribution >= 0.6 is 0 Å². The van der Waals surface area contributed by atoms with Gasteiger partial charge in [-0.3, -0.25) is 0 Å². The number of para-hydroxylation sites is 1. The van der Waals surface area contributed by atoms with Crippen molar-refractivity contribution in [2.75, 3.05) is 0 Å². The first-order valence-corrected chi connectivity index (χ1v) is 8.87. The number of nitro groups is 1. The third-order valence-corrected chi connectivity index (χ3v) is 8.12. The van der Waals surface area contributed by atoms with Gasteiger partial charge in [0.25, 0.3) is 0 Å². The first-order chi connectivity index (χ1) is 10.6. The number of phenolic OH excluding ortho intramolecular Hbond substituents is 1. The van der Waals surface area contributed by atoms with Crippen molar-refractivity contribution in [2.45, 2.75) is 0 Å². The van der Waals surface area contributed by atoms with Crippen molar-refractivity contribution < 1.29 is 18.9 Å². The molecule has 0 amide bonds. The average Bonchev–Trinajstić information content (AvgIpc) is 2.62. The van der Waals surface area contributed by atoms with Crippen molar-refractivity contribution in [3.8, 4) is 35.6 Å². The van der Waals surface area contributed by atoms with Crippen LogP contribution in [0.4, 0.5) is 0 Å². The molecule has 1 aromatic rings. The Hall–Kier alpha value is -3.12. The van der Waals surface area contributed by atoms with E-state index in [0.717, 1.165) is 0 Å². The Kier molecular flexibility index (Phi) is 5.62. The molecule has 0 unspecified atom stereocenters. The topological polar surface area (TPSA) is 206 Å². The summed E-state index contributed by atoms with van der Waals surface area (Å²) in [5, 5.41) is 72.1. The SMILES string of the molecule is N#[C][Fe]([C]#N)([C]#N)([C]#N)([C]#N)([C]#N)[N+](=O)[O-].Oc1ccccc1.[NaH]. The molecule has 0 spiro atoms. The van der Waals surface area contributed by atoms with Crippen LogP contribution in [0.25, 0.3) is 0 Å². The van der Waals surface area contributed by atoms with E-state index in [9.17, 15) is 10.1 Å². The molecule has 12 heteroatoms. The van der Waals surface area contributed by atoms with E-state index >= 15 is 0 Å². The molecule has 0 aliphatic rings. The number of nitriles is 6. The average molecular weight is 376 g/mol. The summed E-state index contributed by atoms with van der Waals surface area (Å²) in [6.07, 6.45) is 0. The van der Waals surface area contributed by atoms with E-state index in [4.69, 9.17) is 36.7 Å². The molecule has 0 fully saturated rings. The standard InChI is InChI=1S/C6H6O.6CN.Fe.NO2.Na.H/c7-6-4-2-1-3-5-6;6*1-2;;2-1-3;;/h1-5,7H;;;;;;;;;;. The predicted molar refractivity (Wildman–Crippen MR) is 75.9 cm³/mol. The molecule has 1 aromatic carbocycles. The first-order valence-electron chi connectivity index (χ1n) is 5.06. The molecule has 0 radical (unpaired) electrons. The normalized spacial score (nSPS) is 12.8. The third-order valence-electron chi connectivity index (χ3n) is 2.54. The number of phenols is 1. The molecule has 1 rings (SSSR count). The van der Waals surface area contributed by atoms with Gasteiger partial charge >= 0.3 is 115 Å². The zero-order valence-electron chi connectivity index (χ0n) is 11.1. The molecule has 0 bridgehead atoms. The molecule has 24 heavy (non-hydrogen) atoms. The molecule has 0 aromatic heterocycles. The Morgan fingerprint density at radius 1 is 0.833 bits per heavy atom. The van der Waals surface area contributed by atoms with Gasteiger partial charge in [0, 0.05) is 0 Å². The van der Waals surface area contributed by atoms with E-state index < -0.39 is 13.8 Å². The van der Waals surface area contributed by atoms with Crippen LogP contribution < -0.4 is 0 Å². The Labute approximate surface area is 155 Å². The fourth-order valence-corrected chi connectivity index (χ4v) is 2.24. The van der Waals surface area contributed by atoms with Crippen LogP contribution in [0.1, 0.15) is 0 Å². The van der Waals surface area contributed by atoms with Gasteiger partial charge in [-0.05, 0) is 12.1 Å². The molecule has 0 aliphatic carbocycles. The number of aromatic hydroxyl groups is 1. The van der Waals surface area contributed by atoms with Crippen molar-refractivity contribution in [2.24, 2.45) is 0 Å². The minimum atomic E-state index is -8.25. The number of benzene rings is 1. The molecule has 0 heterocycles. The summed E-state index contributed by atoms with van der Waals surface area (Å²) < 4.78 is -1.94. The van der Waals surface area contributed by atoms with Gasteiger partial charge in [-0.15, -0.1) is 0 Å². The first kappa shape index (κ1) is 23.1. The maximum absolute atomic E-state index is 10.9. The van der Waals surface area contributed by atoms with Crippen LogP contribution in [0.2, 0.25) is 0 Å². The predicted octanol–water partition coefficient (Wildman–Crippen LogP) is 0.569. The van der Waals surface area contributed by atoms with Gasteiger partial charge < -0.3 is 5.11 Å². The number of nitrogens with zero attached hydrogens (tertiary/aromatic N) is 7. The summed E-state index contributed by atoms with van der Waals surface area (Å²) in [5.41, 5.74) is 0. The maximum atomic E-state index is 10.9. The zero-order chi connectivity index (χ0) is 18.3. The Bertz CT molecular complexity index is 825. The quantitative estimate of drug-likeness (QED) is 0.412. The summed E-state index contributed by atoms with van der Waals surface area (Å²) in [7, 11) is -8.25. The summed E-state index contributed by atoms with van der Waals surface area (Å²) >= 11 is 0. The molecule has 1 N–H and O–H groups in total. The number of hydrogen-bond donors (Lipinski definition) is 1. The number of rotatable bonds is 1. The molecular weight excluding hydrogens is 369 g/mol. The van der Waals surface area contributed by atoms with Crippen LogP contribution in [0.3, 0.4) is 0 Å². The van der Waals surface area contributed by atoms with Crippen LogP contribution in [-0.4, -0.2) is 38.6 Å². The van der Waals surface area contributed by atoms with Crippen LogP contribution in [0, 0.1) is 71.5 Å². The van der Waals surface area contributed by atoms with Gasteiger partial charge in [-0.1, -0.05) is 18.2 Å². The summed E-state index contributed by atoms with van der Waals surface area (Å²) in [4.78, 5) is 14.2. The molecule has 10 nitrogen and oxygen atoms in total. The summed E-state index contributed by atoms with van der Waals surface area (Å²) in [5.74, 6) is 0.322. The fourth-order valence-electron chi connectivity index (χ4n) is 0.866. The second-order valence-electron chi connectivity index (χ2n) is 3.81. The Balaban J connectivity index is 0. The van der Waals surface area contributed by atoms with E-state index in [1.165, 1.54) is 0 Å². The van der Waals surface area contributed by atoms with Crippen LogP contribution in [0.15, 0.2) is 30.3 Å². The Morgan fingerprint density at radius 2 is 1.12 bits per heavy atom. The van der Waals surface area contributed by atoms with Crippen LogP contribution in [0.5, 0.6) is 5.75 Å². The second-order valence-corrected chi connectivity index (χ2v) is 11.3. The van der Waals surface area contributed by atoms with E-state index in [1.54, 1.807) is 24.3 Å². The van der Waals surface area contributed by atoms with E-state index in [1.807, 2.05) is 6.07 Å². The molecule has 0 saturated heterocycles. The van der Waals surface area contributed by atoms with Gasteiger partial charge in [0.2, 0.25) is 0 Å². The summed E-state index contributed by atoms with van der Waals surface area (Å²) in [6, 6.07) is 8.71. The molecule has 0 atom stereocenters.